The van der Waals surface area contributed by atoms with Crippen molar-refractivity contribution in [2.24, 2.45) is 0 Å². The van der Waals surface area contributed by atoms with Crippen LogP contribution >= 0.6 is 12.2 Å². The average Bonchev–Trinajstić information content (AvgIpc) is 2.87. The van der Waals surface area contributed by atoms with Crippen molar-refractivity contribution in [1.82, 2.24) is 9.88 Å². The van der Waals surface area contributed by atoms with Gasteiger partial charge in [-0.05, 0) is 72.7 Å². The summed E-state index contributed by atoms with van der Waals surface area (Å²) in [6.45, 7) is 1.03. The van der Waals surface area contributed by atoms with E-state index in [0.29, 0.717) is 23.8 Å². The molecule has 2 N–H and O–H groups in total. The van der Waals surface area contributed by atoms with Crippen LogP contribution in [0.1, 0.15) is 11.1 Å². The topological polar surface area (TPSA) is 66.6 Å². The number of ether oxygens (including phenoxy) is 2. The zero-order valence-electron chi connectivity index (χ0n) is 19.2. The van der Waals surface area contributed by atoms with E-state index >= 15 is 0 Å². The molecular formula is C27H27N3O3S. The molecule has 1 heterocycles. The summed E-state index contributed by atoms with van der Waals surface area (Å²) in [5.41, 5.74) is 3.33. The second-order valence-corrected chi connectivity index (χ2v) is 8.28. The lowest BCUT2D eigenvalue weighted by atomic mass is 10.1. The summed E-state index contributed by atoms with van der Waals surface area (Å²) in [7, 11) is 3.26. The van der Waals surface area contributed by atoms with Gasteiger partial charge >= 0.3 is 0 Å². The molecule has 0 radical (unpaired) electrons. The first-order chi connectivity index (χ1) is 16.6. The van der Waals surface area contributed by atoms with Crippen LogP contribution in [0, 0.1) is 0 Å². The molecule has 0 saturated heterocycles. The molecule has 0 spiro atoms. The number of anilines is 1. The van der Waals surface area contributed by atoms with Crippen molar-refractivity contribution in [2.75, 3.05) is 26.1 Å². The molecule has 3 aromatic carbocycles. The Bertz CT molecular complexity index is 1320. The maximum absolute atomic E-state index is 12.9. The van der Waals surface area contributed by atoms with Crippen molar-refractivity contribution < 1.29 is 9.47 Å². The molecule has 0 aliphatic heterocycles. The van der Waals surface area contributed by atoms with Crippen LogP contribution in [0.3, 0.4) is 0 Å². The molecule has 0 aliphatic rings. The first kappa shape index (κ1) is 23.3. The lowest BCUT2D eigenvalue weighted by Crippen LogP contribution is -2.37. The van der Waals surface area contributed by atoms with Crippen molar-refractivity contribution >= 4 is 33.9 Å². The Balaban J connectivity index is 1.59. The first-order valence-electron chi connectivity index (χ1n) is 11.0. The van der Waals surface area contributed by atoms with Gasteiger partial charge in [0.05, 0.1) is 20.8 Å². The van der Waals surface area contributed by atoms with Gasteiger partial charge in [0.2, 0.25) is 0 Å². The Kier molecular flexibility index (Phi) is 7.44. The van der Waals surface area contributed by atoms with Crippen LogP contribution in [0.25, 0.3) is 10.9 Å². The number of methoxy groups -OCH3 is 2. The average molecular weight is 474 g/mol. The molecule has 7 heteroatoms. The number of aromatic amines is 1. The van der Waals surface area contributed by atoms with Gasteiger partial charge in [-0.15, -0.1) is 0 Å². The first-order valence-corrected chi connectivity index (χ1v) is 11.4. The fourth-order valence-electron chi connectivity index (χ4n) is 3.72. The molecule has 6 nitrogen and oxygen atoms in total. The zero-order chi connectivity index (χ0) is 23.9. The number of thiocarbonyl (C=S) groups is 1. The highest BCUT2D eigenvalue weighted by Crippen LogP contribution is 2.20. The summed E-state index contributed by atoms with van der Waals surface area (Å²) < 4.78 is 10.6. The quantitative estimate of drug-likeness (QED) is 0.352. The minimum atomic E-state index is -0.130. The van der Waals surface area contributed by atoms with Gasteiger partial charge in [0.1, 0.15) is 11.5 Å². The summed E-state index contributed by atoms with van der Waals surface area (Å²) >= 11 is 5.76. The predicted molar refractivity (Wildman–Crippen MR) is 141 cm³/mol. The van der Waals surface area contributed by atoms with Crippen LogP contribution in [0.15, 0.2) is 83.7 Å². The van der Waals surface area contributed by atoms with E-state index in [9.17, 15) is 4.79 Å². The Hall–Kier alpha value is -3.84. The third-order valence-corrected chi connectivity index (χ3v) is 5.99. The summed E-state index contributed by atoms with van der Waals surface area (Å²) in [6, 6.07) is 25.3. The summed E-state index contributed by atoms with van der Waals surface area (Å²) in [5, 5.41) is 4.75. The van der Waals surface area contributed by atoms with E-state index in [4.69, 9.17) is 21.7 Å². The van der Waals surface area contributed by atoms with Gasteiger partial charge in [0.15, 0.2) is 5.11 Å². The van der Waals surface area contributed by atoms with Gasteiger partial charge in [-0.2, -0.15) is 0 Å². The van der Waals surface area contributed by atoms with Gasteiger partial charge in [0, 0.05) is 28.7 Å². The molecule has 0 fully saturated rings. The van der Waals surface area contributed by atoms with Gasteiger partial charge in [0.25, 0.3) is 5.56 Å². The SMILES string of the molecule is COc1ccc(NC(=S)N(CCc2ccccc2)Cc2cc3cc(OC)ccc3[nH]c2=O)cc1. The number of H-pyrrole nitrogens is 1. The standard InChI is InChI=1S/C27H27N3O3S/c1-32-23-10-8-22(9-11-23)28-27(34)30(15-14-19-6-4-3-5-7-19)18-21-16-20-17-24(33-2)12-13-25(20)29-26(21)31/h3-13,16-17H,14-15,18H2,1-2H3,(H,28,34)(H,29,31). The van der Waals surface area contributed by atoms with E-state index in [1.807, 2.05) is 71.6 Å². The monoisotopic (exact) mass is 473 g/mol. The number of nitrogens with one attached hydrogen (secondary N) is 2. The summed E-state index contributed by atoms with van der Waals surface area (Å²) in [5.74, 6) is 1.51. The molecule has 0 amide bonds. The van der Waals surface area contributed by atoms with E-state index in [-0.39, 0.29) is 5.56 Å². The highest BCUT2D eigenvalue weighted by Gasteiger charge is 2.14. The number of hydrogen-bond donors (Lipinski definition) is 2. The zero-order valence-corrected chi connectivity index (χ0v) is 20.0. The number of rotatable bonds is 8. The Labute approximate surface area is 204 Å². The fraction of sp³-hybridized carbons (Fsp3) is 0.185. The molecule has 174 valence electrons. The van der Waals surface area contributed by atoms with Crippen LogP contribution < -0.4 is 20.3 Å². The summed E-state index contributed by atoms with van der Waals surface area (Å²) in [6.07, 6.45) is 0.796. The second kappa shape index (κ2) is 10.9. The van der Waals surface area contributed by atoms with E-state index in [1.54, 1.807) is 14.2 Å². The van der Waals surface area contributed by atoms with Crippen LogP contribution in [-0.4, -0.2) is 35.8 Å². The normalized spacial score (nSPS) is 10.6. The third kappa shape index (κ3) is 5.74. The predicted octanol–water partition coefficient (Wildman–Crippen LogP) is 4.99. The van der Waals surface area contributed by atoms with Gasteiger partial charge in [-0.1, -0.05) is 30.3 Å². The lowest BCUT2D eigenvalue weighted by molar-refractivity contribution is 0.414. The van der Waals surface area contributed by atoms with Gasteiger partial charge < -0.3 is 24.7 Å². The number of aromatic nitrogens is 1. The third-order valence-electron chi connectivity index (χ3n) is 5.63. The molecule has 0 unspecified atom stereocenters. The maximum atomic E-state index is 12.9. The highest BCUT2D eigenvalue weighted by molar-refractivity contribution is 7.80. The largest absolute Gasteiger partial charge is 0.497 e. The molecule has 0 aliphatic carbocycles. The minimum Gasteiger partial charge on any atom is -0.497 e. The van der Waals surface area contributed by atoms with Crippen molar-refractivity contribution in [3.05, 3.63) is 100 Å². The van der Waals surface area contributed by atoms with Crippen LogP contribution in [0.4, 0.5) is 5.69 Å². The number of benzene rings is 3. The van der Waals surface area contributed by atoms with Crippen LogP contribution in [0.2, 0.25) is 0 Å². The number of pyridine rings is 1. The lowest BCUT2D eigenvalue weighted by Gasteiger charge is -2.26. The van der Waals surface area contributed by atoms with Crippen molar-refractivity contribution in [1.29, 1.82) is 0 Å². The fourth-order valence-corrected chi connectivity index (χ4v) is 3.99. The number of hydrogen-bond acceptors (Lipinski definition) is 4. The number of nitrogens with zero attached hydrogens (tertiary/aromatic N) is 1. The van der Waals surface area contributed by atoms with Crippen molar-refractivity contribution in [2.45, 2.75) is 13.0 Å². The second-order valence-electron chi connectivity index (χ2n) is 7.89. The Morgan fingerprint density at radius 3 is 2.35 bits per heavy atom. The van der Waals surface area contributed by atoms with E-state index in [2.05, 4.69) is 22.4 Å². The van der Waals surface area contributed by atoms with E-state index in [0.717, 1.165) is 34.5 Å². The Morgan fingerprint density at radius 2 is 1.65 bits per heavy atom. The smallest absolute Gasteiger partial charge is 0.253 e. The van der Waals surface area contributed by atoms with Crippen molar-refractivity contribution in [3.8, 4) is 11.5 Å². The van der Waals surface area contributed by atoms with E-state index < -0.39 is 0 Å². The maximum Gasteiger partial charge on any atom is 0.253 e. The molecule has 0 saturated carbocycles. The molecule has 4 rings (SSSR count). The van der Waals surface area contributed by atoms with Gasteiger partial charge in [-0.3, -0.25) is 4.79 Å². The number of fused-ring (bicyclic) bond motifs is 1. The summed E-state index contributed by atoms with van der Waals surface area (Å²) in [4.78, 5) is 17.8. The highest BCUT2D eigenvalue weighted by atomic mass is 32.1. The van der Waals surface area contributed by atoms with Crippen LogP contribution in [0.5, 0.6) is 11.5 Å². The molecule has 0 atom stereocenters. The van der Waals surface area contributed by atoms with Crippen molar-refractivity contribution in [3.63, 3.8) is 0 Å². The van der Waals surface area contributed by atoms with Crippen LogP contribution in [-0.2, 0) is 13.0 Å². The molecule has 0 bridgehead atoms. The minimum absolute atomic E-state index is 0.130. The molecule has 1 aromatic heterocycles. The van der Waals surface area contributed by atoms with E-state index in [1.165, 1.54) is 5.56 Å². The molecule has 4 aromatic rings. The molecule has 34 heavy (non-hydrogen) atoms. The molecular weight excluding hydrogens is 446 g/mol. The Morgan fingerprint density at radius 1 is 0.941 bits per heavy atom. The van der Waals surface area contributed by atoms with Gasteiger partial charge in [-0.25, -0.2) is 0 Å².